The van der Waals surface area contributed by atoms with Crippen LogP contribution < -0.4 is 0 Å². The van der Waals surface area contributed by atoms with E-state index >= 15 is 0 Å². The lowest BCUT2D eigenvalue weighted by Crippen LogP contribution is -2.32. The number of fused-ring (bicyclic) bond motifs is 1. The monoisotopic (exact) mass is 120 g/mol. The molecule has 0 bridgehead atoms. The van der Waals surface area contributed by atoms with E-state index in [1.807, 2.05) is 0 Å². The SMILES string of the molecule is CC1CC2C=CC=CC12. The molecule has 0 aromatic rings. The Morgan fingerprint density at radius 3 is 2.56 bits per heavy atom. The molecule has 9 heavy (non-hydrogen) atoms. The lowest BCUT2D eigenvalue weighted by molar-refractivity contribution is 0.172. The van der Waals surface area contributed by atoms with Crippen molar-refractivity contribution in [1.82, 2.24) is 0 Å². The molecule has 0 spiro atoms. The van der Waals surface area contributed by atoms with Gasteiger partial charge in [-0.2, -0.15) is 0 Å². The van der Waals surface area contributed by atoms with Crippen LogP contribution in [-0.2, 0) is 0 Å². The predicted molar refractivity (Wildman–Crippen MR) is 39.0 cm³/mol. The molecule has 1 saturated carbocycles. The van der Waals surface area contributed by atoms with Gasteiger partial charge >= 0.3 is 0 Å². The van der Waals surface area contributed by atoms with Gasteiger partial charge in [0.1, 0.15) is 0 Å². The average Bonchev–Trinajstić information content (AvgIpc) is 1.86. The van der Waals surface area contributed by atoms with Crippen LogP contribution in [0, 0.1) is 17.8 Å². The van der Waals surface area contributed by atoms with Gasteiger partial charge in [-0.25, -0.2) is 0 Å². The van der Waals surface area contributed by atoms with E-state index in [0.29, 0.717) is 0 Å². The van der Waals surface area contributed by atoms with Gasteiger partial charge in [0, 0.05) is 0 Å². The van der Waals surface area contributed by atoms with E-state index < -0.39 is 0 Å². The zero-order chi connectivity index (χ0) is 6.27. The number of hydrogen-bond acceptors (Lipinski definition) is 0. The van der Waals surface area contributed by atoms with Gasteiger partial charge in [0.05, 0.1) is 0 Å². The zero-order valence-corrected chi connectivity index (χ0v) is 5.75. The summed E-state index contributed by atoms with van der Waals surface area (Å²) < 4.78 is 0. The maximum atomic E-state index is 2.35. The molecule has 48 valence electrons. The van der Waals surface area contributed by atoms with Gasteiger partial charge in [0.25, 0.3) is 0 Å². The van der Waals surface area contributed by atoms with Crippen LogP contribution in [0.2, 0.25) is 0 Å². The van der Waals surface area contributed by atoms with E-state index in [9.17, 15) is 0 Å². The van der Waals surface area contributed by atoms with Crippen molar-refractivity contribution in [2.24, 2.45) is 17.8 Å². The fraction of sp³-hybridized carbons (Fsp3) is 0.556. The van der Waals surface area contributed by atoms with Gasteiger partial charge in [-0.05, 0) is 24.2 Å². The molecule has 2 aliphatic rings. The molecule has 2 aliphatic carbocycles. The molecule has 0 heteroatoms. The standard InChI is InChI=1S/C9H12/c1-7-6-8-4-2-3-5-9(7)8/h2-5,7-9H,6H2,1H3. The molecular weight excluding hydrogens is 108 g/mol. The minimum atomic E-state index is 0.884. The van der Waals surface area contributed by atoms with Crippen molar-refractivity contribution in [2.45, 2.75) is 13.3 Å². The Morgan fingerprint density at radius 2 is 2.00 bits per heavy atom. The van der Waals surface area contributed by atoms with Crippen LogP contribution in [0.1, 0.15) is 13.3 Å². The Hall–Kier alpha value is -0.520. The van der Waals surface area contributed by atoms with Crippen molar-refractivity contribution < 1.29 is 0 Å². The lowest BCUT2D eigenvalue weighted by Gasteiger charge is -2.40. The van der Waals surface area contributed by atoms with Crippen LogP contribution >= 0.6 is 0 Å². The first-order chi connectivity index (χ1) is 4.38. The van der Waals surface area contributed by atoms with E-state index in [0.717, 1.165) is 17.8 Å². The van der Waals surface area contributed by atoms with Gasteiger partial charge in [-0.15, -0.1) is 0 Å². The Morgan fingerprint density at radius 1 is 1.22 bits per heavy atom. The van der Waals surface area contributed by atoms with Gasteiger partial charge in [-0.1, -0.05) is 31.2 Å². The quantitative estimate of drug-likeness (QED) is 0.460. The second-order valence-electron chi connectivity index (χ2n) is 3.22. The highest BCUT2D eigenvalue weighted by Gasteiger charge is 2.34. The van der Waals surface area contributed by atoms with Crippen molar-refractivity contribution >= 4 is 0 Å². The Bertz CT molecular complexity index is 165. The molecule has 3 unspecified atom stereocenters. The van der Waals surface area contributed by atoms with E-state index in [1.54, 1.807) is 0 Å². The highest BCUT2D eigenvalue weighted by Crippen LogP contribution is 2.43. The maximum Gasteiger partial charge on any atom is -0.0141 e. The molecule has 0 nitrogen and oxygen atoms in total. The summed E-state index contributed by atoms with van der Waals surface area (Å²) in [6, 6.07) is 0. The fourth-order valence-electron chi connectivity index (χ4n) is 1.91. The molecule has 0 aliphatic heterocycles. The Labute approximate surface area is 56.3 Å². The summed E-state index contributed by atoms with van der Waals surface area (Å²) in [6.07, 6.45) is 10.4. The van der Waals surface area contributed by atoms with Gasteiger partial charge in [-0.3, -0.25) is 0 Å². The molecule has 2 rings (SSSR count). The summed E-state index contributed by atoms with van der Waals surface area (Å²) in [5.41, 5.74) is 0. The Balaban J connectivity index is 2.14. The van der Waals surface area contributed by atoms with Crippen LogP contribution in [0.15, 0.2) is 24.3 Å². The lowest BCUT2D eigenvalue weighted by atomic mass is 9.64. The topological polar surface area (TPSA) is 0 Å². The second-order valence-corrected chi connectivity index (χ2v) is 3.22. The van der Waals surface area contributed by atoms with Crippen LogP contribution in [-0.4, -0.2) is 0 Å². The molecule has 0 aromatic heterocycles. The van der Waals surface area contributed by atoms with Crippen LogP contribution in [0.25, 0.3) is 0 Å². The van der Waals surface area contributed by atoms with Gasteiger partial charge in [0.15, 0.2) is 0 Å². The molecular formula is C9H12. The third-order valence-electron chi connectivity index (χ3n) is 2.60. The van der Waals surface area contributed by atoms with E-state index in [4.69, 9.17) is 0 Å². The molecule has 0 radical (unpaired) electrons. The minimum absolute atomic E-state index is 0.884. The maximum absolute atomic E-state index is 2.35. The second kappa shape index (κ2) is 1.73. The average molecular weight is 120 g/mol. The van der Waals surface area contributed by atoms with Crippen molar-refractivity contribution in [3.8, 4) is 0 Å². The van der Waals surface area contributed by atoms with Gasteiger partial charge < -0.3 is 0 Å². The Kier molecular flexibility index (Phi) is 1.01. The first-order valence-corrected chi connectivity index (χ1v) is 3.73. The fourth-order valence-corrected chi connectivity index (χ4v) is 1.91. The molecule has 0 heterocycles. The first-order valence-electron chi connectivity index (χ1n) is 3.73. The largest absolute Gasteiger partial charge is 0.0808 e. The van der Waals surface area contributed by atoms with Crippen molar-refractivity contribution in [3.63, 3.8) is 0 Å². The molecule has 0 aromatic carbocycles. The summed E-state index contributed by atoms with van der Waals surface area (Å²) in [7, 11) is 0. The molecule has 0 saturated heterocycles. The molecule has 1 fully saturated rings. The third-order valence-corrected chi connectivity index (χ3v) is 2.60. The number of allylic oxidation sites excluding steroid dienone is 4. The summed E-state index contributed by atoms with van der Waals surface area (Å²) in [6.45, 7) is 2.34. The summed E-state index contributed by atoms with van der Waals surface area (Å²) >= 11 is 0. The summed E-state index contributed by atoms with van der Waals surface area (Å²) in [5.74, 6) is 2.72. The third kappa shape index (κ3) is 0.658. The van der Waals surface area contributed by atoms with Crippen LogP contribution in [0.5, 0.6) is 0 Å². The van der Waals surface area contributed by atoms with Crippen molar-refractivity contribution in [3.05, 3.63) is 24.3 Å². The molecule has 0 N–H and O–H groups in total. The van der Waals surface area contributed by atoms with Gasteiger partial charge in [0.2, 0.25) is 0 Å². The normalized spacial score (nSPS) is 46.1. The minimum Gasteiger partial charge on any atom is -0.0808 e. The molecule has 3 atom stereocenters. The number of hydrogen-bond donors (Lipinski definition) is 0. The van der Waals surface area contributed by atoms with E-state index in [1.165, 1.54) is 6.42 Å². The zero-order valence-electron chi connectivity index (χ0n) is 5.75. The number of rotatable bonds is 0. The first kappa shape index (κ1) is 5.28. The smallest absolute Gasteiger partial charge is 0.0141 e. The van der Waals surface area contributed by atoms with E-state index in [-0.39, 0.29) is 0 Å². The molecule has 0 amide bonds. The van der Waals surface area contributed by atoms with E-state index in [2.05, 4.69) is 31.2 Å². The van der Waals surface area contributed by atoms with Crippen LogP contribution in [0.3, 0.4) is 0 Å². The van der Waals surface area contributed by atoms with Crippen LogP contribution in [0.4, 0.5) is 0 Å². The summed E-state index contributed by atoms with van der Waals surface area (Å²) in [5, 5.41) is 0. The van der Waals surface area contributed by atoms with Crippen molar-refractivity contribution in [1.29, 1.82) is 0 Å². The summed E-state index contributed by atoms with van der Waals surface area (Å²) in [4.78, 5) is 0. The predicted octanol–water partition coefficient (Wildman–Crippen LogP) is 2.38. The highest BCUT2D eigenvalue weighted by atomic mass is 14.4. The van der Waals surface area contributed by atoms with Crippen molar-refractivity contribution in [2.75, 3.05) is 0 Å². The highest BCUT2D eigenvalue weighted by molar-refractivity contribution is 5.19.